The fraction of sp³-hybridized carbons (Fsp3) is 0.556. The summed E-state index contributed by atoms with van der Waals surface area (Å²) in [6.45, 7) is 5.40. The van der Waals surface area contributed by atoms with Crippen LogP contribution in [0.25, 0.3) is 0 Å². The summed E-state index contributed by atoms with van der Waals surface area (Å²) in [6.07, 6.45) is -1.45. The second-order valence-electron chi connectivity index (χ2n) is 6.38. The Balaban J connectivity index is 2.11. The zero-order valence-electron chi connectivity index (χ0n) is 14.4. The minimum absolute atomic E-state index is 0.0447. The van der Waals surface area contributed by atoms with Crippen LogP contribution < -0.4 is 10.1 Å². The SMILES string of the molecule is C=C[C@H](C)NC(=O)c1ccc(C2CCC(C(F)(F)F)CC2)nc1OC. The van der Waals surface area contributed by atoms with Gasteiger partial charge in [-0.15, -0.1) is 6.58 Å². The standard InChI is InChI=1S/C18H23F3N2O2/c1-4-11(2)22-16(24)14-9-10-15(23-17(14)25-3)12-5-7-13(8-6-12)18(19,20)21/h4,9-13H,1,5-8H2,2-3H3,(H,22,24)/t11-,12?,13?/m0/s1. The lowest BCUT2D eigenvalue weighted by Gasteiger charge is -2.29. The highest BCUT2D eigenvalue weighted by molar-refractivity contribution is 5.96. The third-order valence-electron chi connectivity index (χ3n) is 4.64. The molecule has 7 heteroatoms. The number of aromatic nitrogens is 1. The van der Waals surface area contributed by atoms with Crippen molar-refractivity contribution >= 4 is 5.91 Å². The molecule has 2 rings (SSSR count). The van der Waals surface area contributed by atoms with Gasteiger partial charge in [0.05, 0.1) is 13.0 Å². The molecule has 1 aliphatic carbocycles. The van der Waals surface area contributed by atoms with Gasteiger partial charge in [-0.25, -0.2) is 4.98 Å². The number of pyridine rings is 1. The van der Waals surface area contributed by atoms with Crippen molar-refractivity contribution in [2.75, 3.05) is 7.11 Å². The average Bonchev–Trinajstić information content (AvgIpc) is 2.60. The monoisotopic (exact) mass is 356 g/mol. The highest BCUT2D eigenvalue weighted by Gasteiger charge is 2.41. The van der Waals surface area contributed by atoms with Crippen LogP contribution in [0.1, 0.15) is 54.6 Å². The zero-order chi connectivity index (χ0) is 18.6. The summed E-state index contributed by atoms with van der Waals surface area (Å²) in [7, 11) is 1.42. The van der Waals surface area contributed by atoms with Gasteiger partial charge in [-0.05, 0) is 44.7 Å². The maximum absolute atomic E-state index is 12.8. The smallest absolute Gasteiger partial charge is 0.391 e. The van der Waals surface area contributed by atoms with Crippen molar-refractivity contribution in [3.63, 3.8) is 0 Å². The summed E-state index contributed by atoms with van der Waals surface area (Å²) >= 11 is 0. The first-order valence-electron chi connectivity index (χ1n) is 8.31. The van der Waals surface area contributed by atoms with Crippen LogP contribution in [0, 0.1) is 5.92 Å². The van der Waals surface area contributed by atoms with Gasteiger partial charge in [0, 0.05) is 17.7 Å². The van der Waals surface area contributed by atoms with Crippen molar-refractivity contribution in [3.05, 3.63) is 36.0 Å². The van der Waals surface area contributed by atoms with Crippen LogP contribution in [0.5, 0.6) is 5.88 Å². The number of ether oxygens (including phenoxy) is 1. The van der Waals surface area contributed by atoms with E-state index >= 15 is 0 Å². The number of hydrogen-bond donors (Lipinski definition) is 1. The van der Waals surface area contributed by atoms with E-state index in [1.807, 2.05) is 0 Å². The van der Waals surface area contributed by atoms with Crippen LogP contribution in [-0.4, -0.2) is 30.2 Å². The average molecular weight is 356 g/mol. The molecule has 1 heterocycles. The Morgan fingerprint density at radius 3 is 2.52 bits per heavy atom. The van der Waals surface area contributed by atoms with E-state index in [1.54, 1.807) is 25.1 Å². The van der Waals surface area contributed by atoms with E-state index in [4.69, 9.17) is 4.74 Å². The molecule has 0 radical (unpaired) electrons. The molecule has 25 heavy (non-hydrogen) atoms. The number of hydrogen-bond acceptors (Lipinski definition) is 3. The van der Waals surface area contributed by atoms with Crippen molar-refractivity contribution in [1.29, 1.82) is 0 Å². The molecule has 1 aliphatic rings. The predicted octanol–water partition coefficient (Wildman–Crippen LogP) is 4.23. The van der Waals surface area contributed by atoms with E-state index in [2.05, 4.69) is 16.9 Å². The number of alkyl halides is 3. The third kappa shape index (κ3) is 4.74. The number of amides is 1. The summed E-state index contributed by atoms with van der Waals surface area (Å²) < 4.78 is 43.5. The van der Waals surface area contributed by atoms with Gasteiger partial charge in [0.1, 0.15) is 5.56 Å². The largest absolute Gasteiger partial charge is 0.480 e. The van der Waals surface area contributed by atoms with Crippen molar-refractivity contribution in [2.24, 2.45) is 5.92 Å². The Morgan fingerprint density at radius 1 is 1.36 bits per heavy atom. The molecule has 1 N–H and O–H groups in total. The third-order valence-corrected chi connectivity index (χ3v) is 4.64. The summed E-state index contributed by atoms with van der Waals surface area (Å²) in [5.74, 6) is -1.42. The van der Waals surface area contributed by atoms with Crippen molar-refractivity contribution in [1.82, 2.24) is 10.3 Å². The molecule has 138 valence electrons. The van der Waals surface area contributed by atoms with Gasteiger partial charge in [0.15, 0.2) is 0 Å². The van der Waals surface area contributed by atoms with E-state index in [1.165, 1.54) is 7.11 Å². The molecule has 4 nitrogen and oxygen atoms in total. The first-order chi connectivity index (χ1) is 11.8. The lowest BCUT2D eigenvalue weighted by Crippen LogP contribution is -2.31. The zero-order valence-corrected chi connectivity index (χ0v) is 14.4. The number of carbonyl (C=O) groups excluding carboxylic acids is 1. The van der Waals surface area contributed by atoms with Crippen LogP contribution in [0.2, 0.25) is 0 Å². The Bertz CT molecular complexity index is 623. The quantitative estimate of drug-likeness (QED) is 0.803. The van der Waals surface area contributed by atoms with Crippen molar-refractivity contribution < 1.29 is 22.7 Å². The van der Waals surface area contributed by atoms with E-state index in [0.717, 1.165) is 0 Å². The van der Waals surface area contributed by atoms with Gasteiger partial charge >= 0.3 is 6.18 Å². The summed E-state index contributed by atoms with van der Waals surface area (Å²) in [5.41, 5.74) is 0.967. The maximum atomic E-state index is 12.8. The maximum Gasteiger partial charge on any atom is 0.391 e. The molecule has 0 unspecified atom stereocenters. The fourth-order valence-corrected chi connectivity index (χ4v) is 3.07. The molecule has 1 amide bonds. The summed E-state index contributed by atoms with van der Waals surface area (Å²) in [6, 6.07) is 3.12. The topological polar surface area (TPSA) is 51.2 Å². The van der Waals surface area contributed by atoms with Crippen LogP contribution in [0.3, 0.4) is 0 Å². The van der Waals surface area contributed by atoms with E-state index in [0.29, 0.717) is 24.1 Å². The second kappa shape index (κ2) is 7.89. The van der Waals surface area contributed by atoms with Gasteiger partial charge in [0.2, 0.25) is 5.88 Å². The Hall–Kier alpha value is -2.05. The number of carbonyl (C=O) groups is 1. The first kappa shape index (κ1) is 19.3. The molecular weight excluding hydrogens is 333 g/mol. The van der Waals surface area contributed by atoms with Gasteiger partial charge in [-0.2, -0.15) is 13.2 Å². The lowest BCUT2D eigenvalue weighted by atomic mass is 9.80. The minimum Gasteiger partial charge on any atom is -0.480 e. The van der Waals surface area contributed by atoms with Crippen LogP contribution in [-0.2, 0) is 0 Å². The Kier molecular flexibility index (Phi) is 6.08. The van der Waals surface area contributed by atoms with Crippen LogP contribution in [0.4, 0.5) is 13.2 Å². The normalized spacial score (nSPS) is 22.1. The molecule has 0 aromatic carbocycles. The number of nitrogens with one attached hydrogen (secondary N) is 1. The number of halogens is 3. The number of nitrogens with zero attached hydrogens (tertiary/aromatic N) is 1. The van der Waals surface area contributed by atoms with E-state index in [-0.39, 0.29) is 36.6 Å². The van der Waals surface area contributed by atoms with Gasteiger partial charge in [0.25, 0.3) is 5.91 Å². The molecule has 1 aromatic rings. The first-order valence-corrected chi connectivity index (χ1v) is 8.31. The Morgan fingerprint density at radius 2 is 2.00 bits per heavy atom. The van der Waals surface area contributed by atoms with Crippen LogP contribution in [0.15, 0.2) is 24.8 Å². The van der Waals surface area contributed by atoms with Gasteiger partial charge in [-0.3, -0.25) is 4.79 Å². The second-order valence-corrected chi connectivity index (χ2v) is 6.38. The molecule has 1 saturated carbocycles. The fourth-order valence-electron chi connectivity index (χ4n) is 3.07. The molecule has 1 fully saturated rings. The summed E-state index contributed by atoms with van der Waals surface area (Å²) in [5, 5.41) is 2.74. The molecule has 1 aromatic heterocycles. The lowest BCUT2D eigenvalue weighted by molar-refractivity contribution is -0.182. The minimum atomic E-state index is -4.13. The number of methoxy groups -OCH3 is 1. The van der Waals surface area contributed by atoms with Gasteiger partial charge < -0.3 is 10.1 Å². The molecule has 0 saturated heterocycles. The number of rotatable bonds is 5. The highest BCUT2D eigenvalue weighted by atomic mass is 19.4. The summed E-state index contributed by atoms with van der Waals surface area (Å²) in [4.78, 5) is 16.6. The van der Waals surface area contributed by atoms with E-state index in [9.17, 15) is 18.0 Å². The van der Waals surface area contributed by atoms with Gasteiger partial charge in [-0.1, -0.05) is 6.08 Å². The molecular formula is C18H23F3N2O2. The van der Waals surface area contributed by atoms with Crippen LogP contribution >= 0.6 is 0 Å². The van der Waals surface area contributed by atoms with Crippen molar-refractivity contribution in [2.45, 2.75) is 50.7 Å². The highest BCUT2D eigenvalue weighted by Crippen LogP contribution is 2.42. The Labute approximate surface area is 145 Å². The molecule has 0 spiro atoms. The molecule has 1 atom stereocenters. The van der Waals surface area contributed by atoms with E-state index < -0.39 is 12.1 Å². The predicted molar refractivity (Wildman–Crippen MR) is 88.7 cm³/mol. The molecule has 0 aliphatic heterocycles. The molecule has 0 bridgehead atoms. The van der Waals surface area contributed by atoms with Crippen molar-refractivity contribution in [3.8, 4) is 5.88 Å².